The number of carbonyl (C=O) groups is 3. The molecule has 0 aromatic rings. The number of nitrogens with zero attached hydrogens (tertiary/aromatic N) is 1. The number of nitrogens with one attached hydrogen (secondary N) is 1. The van der Waals surface area contributed by atoms with E-state index in [4.69, 9.17) is 0 Å². The summed E-state index contributed by atoms with van der Waals surface area (Å²) in [5, 5.41) is 2.14. The number of hydrogen-bond donors (Lipinski definition) is 1. The maximum absolute atomic E-state index is 11.8. The van der Waals surface area contributed by atoms with Crippen molar-refractivity contribution in [1.29, 1.82) is 0 Å². The molecule has 17 heavy (non-hydrogen) atoms. The molecule has 1 heterocycles. The maximum atomic E-state index is 11.8. The number of hydrogen-bond acceptors (Lipinski definition) is 3. The van der Waals surface area contributed by atoms with Gasteiger partial charge in [0, 0.05) is 25.4 Å². The minimum absolute atomic E-state index is 0.0128. The molecule has 1 saturated heterocycles. The Morgan fingerprint density at radius 2 is 2.12 bits per heavy atom. The van der Waals surface area contributed by atoms with Crippen LogP contribution in [0.5, 0.6) is 0 Å². The Morgan fingerprint density at radius 1 is 1.47 bits per heavy atom. The molecule has 0 aromatic heterocycles. The molecule has 96 valence electrons. The van der Waals surface area contributed by atoms with Crippen LogP contribution in [-0.4, -0.2) is 36.2 Å². The number of imide groups is 1. The zero-order valence-corrected chi connectivity index (χ0v) is 10.7. The molecule has 5 heteroatoms. The lowest BCUT2D eigenvalue weighted by atomic mass is 9.86. The number of likely N-dealkylation sites (tertiary alicyclic amines) is 1. The van der Waals surface area contributed by atoms with Gasteiger partial charge in [0.05, 0.1) is 0 Å². The summed E-state index contributed by atoms with van der Waals surface area (Å²) in [6.07, 6.45) is 1.49. The van der Waals surface area contributed by atoms with Gasteiger partial charge in [0.25, 0.3) is 0 Å². The van der Waals surface area contributed by atoms with E-state index in [1.54, 1.807) is 4.90 Å². The minimum atomic E-state index is -0.277. The predicted octanol–water partition coefficient (Wildman–Crippen LogP) is 0.544. The standard InChI is InChI=1S/C12H20N2O3/c1-9(2)11(17)14-5-4-12(3,7-14)6-10(16)13-8-15/h8-9H,4-7H2,1-3H3,(H,13,15,16). The van der Waals surface area contributed by atoms with Crippen LogP contribution in [0.15, 0.2) is 0 Å². The Hall–Kier alpha value is -1.39. The van der Waals surface area contributed by atoms with Crippen molar-refractivity contribution in [2.24, 2.45) is 11.3 Å². The monoisotopic (exact) mass is 240 g/mol. The SMILES string of the molecule is CC(C)C(=O)N1CCC(C)(CC(=O)NC=O)C1. The van der Waals surface area contributed by atoms with Crippen molar-refractivity contribution < 1.29 is 14.4 Å². The van der Waals surface area contributed by atoms with E-state index >= 15 is 0 Å². The van der Waals surface area contributed by atoms with Crippen LogP contribution in [0.1, 0.15) is 33.6 Å². The van der Waals surface area contributed by atoms with Gasteiger partial charge in [-0.15, -0.1) is 0 Å². The van der Waals surface area contributed by atoms with Gasteiger partial charge in [-0.25, -0.2) is 0 Å². The van der Waals surface area contributed by atoms with Crippen LogP contribution in [-0.2, 0) is 14.4 Å². The maximum Gasteiger partial charge on any atom is 0.226 e. The zero-order chi connectivity index (χ0) is 13.1. The molecule has 1 aliphatic rings. The molecule has 1 rings (SSSR count). The molecule has 5 nitrogen and oxygen atoms in total. The highest BCUT2D eigenvalue weighted by atomic mass is 16.2. The molecule has 1 N–H and O–H groups in total. The van der Waals surface area contributed by atoms with Crippen molar-refractivity contribution >= 4 is 18.2 Å². The summed E-state index contributed by atoms with van der Waals surface area (Å²) >= 11 is 0. The van der Waals surface area contributed by atoms with Gasteiger partial charge in [-0.05, 0) is 11.8 Å². The first-order valence-electron chi connectivity index (χ1n) is 5.90. The third kappa shape index (κ3) is 3.54. The van der Waals surface area contributed by atoms with Gasteiger partial charge in [0.1, 0.15) is 0 Å². The van der Waals surface area contributed by atoms with Gasteiger partial charge in [0.15, 0.2) is 0 Å². The van der Waals surface area contributed by atoms with E-state index in [0.717, 1.165) is 6.42 Å². The van der Waals surface area contributed by atoms with E-state index in [1.807, 2.05) is 20.8 Å². The first-order chi connectivity index (χ1) is 7.88. The zero-order valence-electron chi connectivity index (χ0n) is 10.7. The largest absolute Gasteiger partial charge is 0.342 e. The summed E-state index contributed by atoms with van der Waals surface area (Å²) in [7, 11) is 0. The number of rotatable bonds is 4. The molecule has 1 fully saturated rings. The molecule has 3 amide bonds. The van der Waals surface area contributed by atoms with E-state index in [2.05, 4.69) is 5.32 Å². The van der Waals surface area contributed by atoms with Crippen LogP contribution in [0.3, 0.4) is 0 Å². The lowest BCUT2D eigenvalue weighted by molar-refractivity contribution is -0.134. The van der Waals surface area contributed by atoms with Crippen molar-refractivity contribution in [2.75, 3.05) is 13.1 Å². The van der Waals surface area contributed by atoms with Crippen molar-refractivity contribution in [3.8, 4) is 0 Å². The van der Waals surface area contributed by atoms with E-state index in [0.29, 0.717) is 19.5 Å². The van der Waals surface area contributed by atoms with Gasteiger partial charge >= 0.3 is 0 Å². The molecule has 1 aliphatic heterocycles. The molecular weight excluding hydrogens is 220 g/mol. The van der Waals surface area contributed by atoms with Crippen LogP contribution < -0.4 is 5.32 Å². The van der Waals surface area contributed by atoms with Gasteiger partial charge in [0.2, 0.25) is 18.2 Å². The van der Waals surface area contributed by atoms with E-state index in [-0.39, 0.29) is 29.6 Å². The van der Waals surface area contributed by atoms with Crippen LogP contribution in [0.25, 0.3) is 0 Å². The van der Waals surface area contributed by atoms with Crippen molar-refractivity contribution in [1.82, 2.24) is 10.2 Å². The van der Waals surface area contributed by atoms with Crippen LogP contribution in [0, 0.1) is 11.3 Å². The summed E-state index contributed by atoms with van der Waals surface area (Å²) < 4.78 is 0. The molecule has 0 bridgehead atoms. The first kappa shape index (κ1) is 13.7. The third-order valence-electron chi connectivity index (χ3n) is 3.17. The Labute approximate surface area is 102 Å². The quantitative estimate of drug-likeness (QED) is 0.729. The highest BCUT2D eigenvalue weighted by Gasteiger charge is 2.37. The summed E-state index contributed by atoms with van der Waals surface area (Å²) in [4.78, 5) is 35.1. The van der Waals surface area contributed by atoms with Gasteiger partial charge in [-0.2, -0.15) is 0 Å². The highest BCUT2D eigenvalue weighted by Crippen LogP contribution is 2.33. The third-order valence-corrected chi connectivity index (χ3v) is 3.17. The fourth-order valence-electron chi connectivity index (χ4n) is 2.23. The van der Waals surface area contributed by atoms with Crippen LogP contribution >= 0.6 is 0 Å². The number of amides is 3. The Bertz CT molecular complexity index is 328. The molecule has 0 aliphatic carbocycles. The summed E-state index contributed by atoms with van der Waals surface area (Å²) in [6.45, 7) is 7.01. The Balaban J connectivity index is 2.55. The van der Waals surface area contributed by atoms with Crippen molar-refractivity contribution in [3.63, 3.8) is 0 Å². The fourth-order valence-corrected chi connectivity index (χ4v) is 2.23. The molecule has 0 spiro atoms. The summed E-state index contributed by atoms with van der Waals surface area (Å²) in [5.74, 6) is -0.160. The van der Waals surface area contributed by atoms with Gasteiger partial charge < -0.3 is 4.90 Å². The molecular formula is C12H20N2O3. The summed E-state index contributed by atoms with van der Waals surface area (Å²) in [6, 6.07) is 0. The molecule has 1 unspecified atom stereocenters. The average molecular weight is 240 g/mol. The lowest BCUT2D eigenvalue weighted by Crippen LogP contribution is -2.36. The first-order valence-corrected chi connectivity index (χ1v) is 5.90. The average Bonchev–Trinajstić information content (AvgIpc) is 2.59. The Kier molecular flexibility index (Phi) is 4.26. The summed E-state index contributed by atoms with van der Waals surface area (Å²) in [5.41, 5.74) is -0.211. The lowest BCUT2D eigenvalue weighted by Gasteiger charge is -2.24. The second kappa shape index (κ2) is 5.29. The minimum Gasteiger partial charge on any atom is -0.342 e. The van der Waals surface area contributed by atoms with E-state index in [9.17, 15) is 14.4 Å². The van der Waals surface area contributed by atoms with Gasteiger partial charge in [-0.3, -0.25) is 19.7 Å². The number of carbonyl (C=O) groups excluding carboxylic acids is 3. The Morgan fingerprint density at radius 3 is 2.65 bits per heavy atom. The molecule has 0 radical (unpaired) electrons. The smallest absolute Gasteiger partial charge is 0.226 e. The molecule has 0 saturated carbocycles. The highest BCUT2D eigenvalue weighted by molar-refractivity contribution is 5.86. The fraction of sp³-hybridized carbons (Fsp3) is 0.750. The predicted molar refractivity (Wildman–Crippen MR) is 63.0 cm³/mol. The van der Waals surface area contributed by atoms with Crippen LogP contribution in [0.4, 0.5) is 0 Å². The van der Waals surface area contributed by atoms with E-state index < -0.39 is 0 Å². The van der Waals surface area contributed by atoms with Crippen molar-refractivity contribution in [2.45, 2.75) is 33.6 Å². The second-order valence-corrected chi connectivity index (χ2v) is 5.34. The topological polar surface area (TPSA) is 66.5 Å². The van der Waals surface area contributed by atoms with E-state index in [1.165, 1.54) is 0 Å². The molecule has 1 atom stereocenters. The normalized spacial score (nSPS) is 23.9. The van der Waals surface area contributed by atoms with Crippen LogP contribution in [0.2, 0.25) is 0 Å². The second-order valence-electron chi connectivity index (χ2n) is 5.34. The molecule has 0 aromatic carbocycles. The van der Waals surface area contributed by atoms with Gasteiger partial charge in [-0.1, -0.05) is 20.8 Å². The van der Waals surface area contributed by atoms with Crippen molar-refractivity contribution in [3.05, 3.63) is 0 Å².